The molecule has 0 saturated carbocycles. The van der Waals surface area contributed by atoms with Gasteiger partial charge in [0.15, 0.2) is 0 Å². The SMILES string of the molecule is CCN1C(=O)NCc2cnc(NC(C)c3cc4cc(Cl)ccc4[nH]c3=O)nc21. The van der Waals surface area contributed by atoms with E-state index in [1.54, 1.807) is 29.3 Å². The van der Waals surface area contributed by atoms with Gasteiger partial charge in [-0.15, -0.1) is 0 Å². The minimum Gasteiger partial charge on any atom is -0.347 e. The molecule has 3 heterocycles. The lowest BCUT2D eigenvalue weighted by atomic mass is 10.1. The second-order valence-electron chi connectivity index (χ2n) is 6.60. The summed E-state index contributed by atoms with van der Waals surface area (Å²) in [5.74, 6) is 0.931. The Morgan fingerprint density at radius 1 is 1.32 bits per heavy atom. The smallest absolute Gasteiger partial charge is 0.323 e. The van der Waals surface area contributed by atoms with Crippen molar-refractivity contribution >= 4 is 40.3 Å². The molecule has 4 rings (SSSR count). The lowest BCUT2D eigenvalue weighted by Crippen LogP contribution is -2.44. The zero-order valence-corrected chi connectivity index (χ0v) is 16.2. The molecule has 1 unspecified atom stereocenters. The zero-order chi connectivity index (χ0) is 19.8. The molecule has 0 radical (unpaired) electrons. The Bertz CT molecular complexity index is 1130. The molecule has 3 N–H and O–H groups in total. The molecule has 144 valence electrons. The normalized spacial score (nSPS) is 14.5. The lowest BCUT2D eigenvalue weighted by Gasteiger charge is -2.28. The summed E-state index contributed by atoms with van der Waals surface area (Å²) in [5.41, 5.74) is 1.92. The fourth-order valence-electron chi connectivity index (χ4n) is 3.27. The number of pyridine rings is 1. The van der Waals surface area contributed by atoms with Gasteiger partial charge in [0.05, 0.1) is 6.04 Å². The summed E-state index contributed by atoms with van der Waals surface area (Å²) >= 11 is 6.06. The number of carbonyl (C=O) groups excluding carboxylic acids is 1. The molecule has 1 aromatic carbocycles. The maximum absolute atomic E-state index is 12.5. The largest absolute Gasteiger partial charge is 0.347 e. The monoisotopic (exact) mass is 398 g/mol. The Balaban J connectivity index is 1.66. The van der Waals surface area contributed by atoms with Crippen LogP contribution in [0, 0.1) is 0 Å². The van der Waals surface area contributed by atoms with Gasteiger partial charge in [0.25, 0.3) is 5.56 Å². The molecule has 1 atom stereocenters. The van der Waals surface area contributed by atoms with Crippen LogP contribution in [0.25, 0.3) is 10.9 Å². The Labute approximate surface area is 165 Å². The highest BCUT2D eigenvalue weighted by Crippen LogP contribution is 2.25. The highest BCUT2D eigenvalue weighted by Gasteiger charge is 2.25. The Morgan fingerprint density at radius 2 is 2.14 bits per heavy atom. The first-order chi connectivity index (χ1) is 13.5. The second-order valence-corrected chi connectivity index (χ2v) is 7.03. The standard InChI is InChI=1S/C19H19ClN6O2/c1-3-26-16-12(9-22-19(26)28)8-21-18(25-16)23-10(2)14-7-11-6-13(20)4-5-15(11)24-17(14)27/h4-8,10H,3,9H2,1-2H3,(H,22,28)(H,24,27)(H,21,23,25). The van der Waals surface area contributed by atoms with Crippen molar-refractivity contribution < 1.29 is 4.79 Å². The van der Waals surface area contributed by atoms with Crippen molar-refractivity contribution in [1.82, 2.24) is 20.3 Å². The van der Waals surface area contributed by atoms with Crippen LogP contribution < -0.4 is 21.1 Å². The fraction of sp³-hybridized carbons (Fsp3) is 0.263. The van der Waals surface area contributed by atoms with Gasteiger partial charge in [0.2, 0.25) is 5.95 Å². The summed E-state index contributed by atoms with van der Waals surface area (Å²) in [6.45, 7) is 4.63. The average molecular weight is 399 g/mol. The van der Waals surface area contributed by atoms with E-state index in [0.29, 0.717) is 35.4 Å². The van der Waals surface area contributed by atoms with Crippen LogP contribution >= 0.6 is 11.6 Å². The van der Waals surface area contributed by atoms with Gasteiger partial charge in [0.1, 0.15) is 5.82 Å². The second kappa shape index (κ2) is 7.12. The van der Waals surface area contributed by atoms with Crippen molar-refractivity contribution in [2.45, 2.75) is 26.4 Å². The van der Waals surface area contributed by atoms with Gasteiger partial charge >= 0.3 is 6.03 Å². The van der Waals surface area contributed by atoms with Crippen LogP contribution in [0.2, 0.25) is 5.02 Å². The van der Waals surface area contributed by atoms with Crippen LogP contribution in [-0.2, 0) is 6.54 Å². The number of amides is 2. The van der Waals surface area contributed by atoms with Crippen molar-refractivity contribution in [1.29, 1.82) is 0 Å². The van der Waals surface area contributed by atoms with Crippen LogP contribution in [-0.4, -0.2) is 27.5 Å². The number of urea groups is 1. The molecule has 0 bridgehead atoms. The van der Waals surface area contributed by atoms with Gasteiger partial charge in [-0.1, -0.05) is 11.6 Å². The van der Waals surface area contributed by atoms with Gasteiger partial charge in [-0.05, 0) is 38.1 Å². The summed E-state index contributed by atoms with van der Waals surface area (Å²) in [6, 6.07) is 6.58. The number of hydrogen-bond donors (Lipinski definition) is 3. The number of aromatic nitrogens is 3. The molecule has 1 aliphatic rings. The quantitative estimate of drug-likeness (QED) is 0.626. The summed E-state index contributed by atoms with van der Waals surface area (Å²) < 4.78 is 0. The topological polar surface area (TPSA) is 103 Å². The molecule has 8 nitrogen and oxygen atoms in total. The number of hydrogen-bond acceptors (Lipinski definition) is 5. The third-order valence-corrected chi connectivity index (χ3v) is 4.97. The van der Waals surface area contributed by atoms with Crippen molar-refractivity contribution in [2.24, 2.45) is 0 Å². The number of rotatable bonds is 4. The van der Waals surface area contributed by atoms with Gasteiger partial charge in [-0.3, -0.25) is 9.69 Å². The van der Waals surface area contributed by atoms with E-state index in [1.165, 1.54) is 0 Å². The lowest BCUT2D eigenvalue weighted by molar-refractivity contribution is 0.244. The number of nitrogens with zero attached hydrogens (tertiary/aromatic N) is 3. The van der Waals surface area contributed by atoms with Gasteiger partial charge in [-0.2, -0.15) is 4.98 Å². The molecular weight excluding hydrogens is 380 g/mol. The van der Waals surface area contributed by atoms with Gasteiger partial charge in [0, 0.05) is 46.3 Å². The first-order valence-electron chi connectivity index (χ1n) is 8.96. The van der Waals surface area contributed by atoms with Crippen molar-refractivity contribution in [3.8, 4) is 0 Å². The van der Waals surface area contributed by atoms with E-state index in [2.05, 4.69) is 25.6 Å². The van der Waals surface area contributed by atoms with Crippen LogP contribution in [0.5, 0.6) is 0 Å². The zero-order valence-electron chi connectivity index (χ0n) is 15.4. The Kier molecular flexibility index (Phi) is 4.64. The fourth-order valence-corrected chi connectivity index (χ4v) is 3.45. The van der Waals surface area contributed by atoms with E-state index in [1.807, 2.05) is 19.9 Å². The minimum absolute atomic E-state index is 0.185. The van der Waals surface area contributed by atoms with Crippen LogP contribution in [0.15, 0.2) is 35.3 Å². The highest BCUT2D eigenvalue weighted by molar-refractivity contribution is 6.31. The number of H-pyrrole nitrogens is 1. The van der Waals surface area contributed by atoms with Crippen LogP contribution in [0.1, 0.15) is 31.0 Å². The molecule has 1 aliphatic heterocycles. The van der Waals surface area contributed by atoms with E-state index in [0.717, 1.165) is 16.5 Å². The summed E-state index contributed by atoms with van der Waals surface area (Å²) in [5, 5.41) is 7.38. The van der Waals surface area contributed by atoms with E-state index < -0.39 is 0 Å². The summed E-state index contributed by atoms with van der Waals surface area (Å²) in [7, 11) is 0. The predicted octanol–water partition coefficient (Wildman–Crippen LogP) is 3.19. The predicted molar refractivity (Wildman–Crippen MR) is 109 cm³/mol. The third kappa shape index (κ3) is 3.27. The van der Waals surface area contributed by atoms with Crippen LogP contribution in [0.3, 0.4) is 0 Å². The van der Waals surface area contributed by atoms with E-state index >= 15 is 0 Å². The number of halogens is 1. The molecule has 28 heavy (non-hydrogen) atoms. The van der Waals surface area contributed by atoms with Crippen molar-refractivity contribution in [3.63, 3.8) is 0 Å². The molecule has 2 aromatic heterocycles. The molecular formula is C19H19ClN6O2. The number of nitrogens with one attached hydrogen (secondary N) is 3. The average Bonchev–Trinajstić information content (AvgIpc) is 2.67. The number of fused-ring (bicyclic) bond motifs is 2. The summed E-state index contributed by atoms with van der Waals surface area (Å²) in [6.07, 6.45) is 1.68. The third-order valence-electron chi connectivity index (χ3n) is 4.74. The van der Waals surface area contributed by atoms with Crippen molar-refractivity contribution in [2.75, 3.05) is 16.8 Å². The van der Waals surface area contributed by atoms with Gasteiger partial charge in [-0.25, -0.2) is 9.78 Å². The van der Waals surface area contributed by atoms with E-state index in [-0.39, 0.29) is 17.6 Å². The first kappa shape index (κ1) is 18.2. The number of anilines is 2. The molecule has 0 spiro atoms. The number of benzene rings is 1. The number of aromatic amines is 1. The van der Waals surface area contributed by atoms with E-state index in [4.69, 9.17) is 11.6 Å². The number of carbonyl (C=O) groups is 1. The summed E-state index contributed by atoms with van der Waals surface area (Å²) in [4.78, 5) is 37.8. The maximum atomic E-state index is 12.5. The molecule has 0 aliphatic carbocycles. The van der Waals surface area contributed by atoms with E-state index in [9.17, 15) is 9.59 Å². The molecule has 2 amide bonds. The van der Waals surface area contributed by atoms with Crippen LogP contribution in [0.4, 0.5) is 16.6 Å². The molecule has 0 saturated heterocycles. The molecule has 0 fully saturated rings. The van der Waals surface area contributed by atoms with Crippen molar-refractivity contribution in [3.05, 3.63) is 57.0 Å². The first-order valence-corrected chi connectivity index (χ1v) is 9.34. The molecule has 9 heteroatoms. The highest BCUT2D eigenvalue weighted by atomic mass is 35.5. The molecule has 3 aromatic rings. The Hall–Kier alpha value is -3.13. The van der Waals surface area contributed by atoms with Gasteiger partial charge < -0.3 is 15.6 Å². The Morgan fingerprint density at radius 3 is 2.93 bits per heavy atom. The maximum Gasteiger partial charge on any atom is 0.323 e. The minimum atomic E-state index is -0.349.